The van der Waals surface area contributed by atoms with Crippen LogP contribution in [0.3, 0.4) is 0 Å². The first-order chi connectivity index (χ1) is 15.7. The number of thiophene rings is 1. The van der Waals surface area contributed by atoms with Crippen LogP contribution in [-0.4, -0.2) is 38.0 Å². The van der Waals surface area contributed by atoms with Crippen molar-refractivity contribution in [3.63, 3.8) is 0 Å². The molecule has 166 valence electrons. The molecule has 6 heteroatoms. The maximum atomic E-state index is 12.9. The van der Waals surface area contributed by atoms with Crippen LogP contribution in [0, 0.1) is 6.92 Å². The Hall–Kier alpha value is -2.86. The number of imidazole rings is 1. The molecule has 1 aromatic carbocycles. The summed E-state index contributed by atoms with van der Waals surface area (Å²) >= 11 is 1.75. The number of hydrogen-bond donors (Lipinski definition) is 0. The van der Waals surface area contributed by atoms with Gasteiger partial charge in [0.2, 0.25) is 5.91 Å². The minimum absolute atomic E-state index is 0.264. The number of carbonyl (C=O) groups is 1. The molecule has 0 saturated carbocycles. The maximum Gasteiger partial charge on any atom is 0.224 e. The fraction of sp³-hybridized carbons (Fsp3) is 0.385. The molecule has 1 aliphatic heterocycles. The third-order valence-electron chi connectivity index (χ3n) is 6.74. The van der Waals surface area contributed by atoms with Crippen LogP contribution in [0.4, 0.5) is 0 Å². The zero-order chi connectivity index (χ0) is 21.9. The number of likely N-dealkylation sites (tertiary alicyclic amines) is 1. The van der Waals surface area contributed by atoms with Crippen molar-refractivity contribution in [1.82, 2.24) is 19.0 Å². The predicted molar refractivity (Wildman–Crippen MR) is 130 cm³/mol. The summed E-state index contributed by atoms with van der Waals surface area (Å²) in [5.74, 6) is 1.88. The van der Waals surface area contributed by atoms with Crippen molar-refractivity contribution in [3.8, 4) is 0 Å². The largest absolute Gasteiger partial charge is 0.347 e. The number of nitrogens with zero attached hydrogens (tertiary/aromatic N) is 4. The van der Waals surface area contributed by atoms with E-state index in [-0.39, 0.29) is 5.91 Å². The Kier molecular flexibility index (Phi) is 6.12. The number of rotatable bonds is 7. The number of carbonyl (C=O) groups excluding carboxylic acids is 1. The fourth-order valence-electron chi connectivity index (χ4n) is 4.93. The molecule has 4 aromatic rings. The van der Waals surface area contributed by atoms with Crippen molar-refractivity contribution in [2.24, 2.45) is 0 Å². The highest BCUT2D eigenvalue weighted by Crippen LogP contribution is 2.28. The highest BCUT2D eigenvalue weighted by molar-refractivity contribution is 7.07. The Morgan fingerprint density at radius 2 is 1.97 bits per heavy atom. The fourth-order valence-corrected chi connectivity index (χ4v) is 5.63. The summed E-state index contributed by atoms with van der Waals surface area (Å²) < 4.78 is 4.53. The van der Waals surface area contributed by atoms with Crippen LogP contribution in [0.2, 0.25) is 0 Å². The molecule has 0 spiro atoms. The van der Waals surface area contributed by atoms with Crippen molar-refractivity contribution in [2.45, 2.75) is 51.6 Å². The molecule has 3 aromatic heterocycles. The molecule has 0 radical (unpaired) electrons. The Labute approximate surface area is 193 Å². The average Bonchev–Trinajstić information content (AvgIpc) is 3.57. The number of fused-ring (bicyclic) bond motifs is 1. The van der Waals surface area contributed by atoms with E-state index in [0.717, 1.165) is 45.4 Å². The predicted octanol–water partition coefficient (Wildman–Crippen LogP) is 5.25. The van der Waals surface area contributed by atoms with E-state index in [1.807, 2.05) is 11.1 Å². The standard InChI is InChI=1S/C26H30N4OS/c1-20-18-30(24-5-3-2-4-23(20)24)15-9-25(31)28-13-7-22(8-14-28)26-27-11-16-29(26)12-6-21-10-17-32-19-21/h2-5,10-11,16-19,22H,6-9,12-15H2,1H3. The Morgan fingerprint density at radius 1 is 1.12 bits per heavy atom. The van der Waals surface area contributed by atoms with Gasteiger partial charge in [-0.15, -0.1) is 0 Å². The first-order valence-corrected chi connectivity index (χ1v) is 12.5. The van der Waals surface area contributed by atoms with E-state index in [4.69, 9.17) is 0 Å². The summed E-state index contributed by atoms with van der Waals surface area (Å²) in [4.78, 5) is 19.6. The molecule has 1 aliphatic rings. The average molecular weight is 447 g/mol. The molecule has 0 atom stereocenters. The number of hydrogen-bond acceptors (Lipinski definition) is 3. The summed E-state index contributed by atoms with van der Waals surface area (Å²) in [6.07, 6.45) is 9.77. The van der Waals surface area contributed by atoms with Crippen LogP contribution in [0.15, 0.2) is 59.7 Å². The van der Waals surface area contributed by atoms with Crippen molar-refractivity contribution in [3.05, 3.63) is 76.6 Å². The third kappa shape index (κ3) is 4.37. The van der Waals surface area contributed by atoms with Crippen molar-refractivity contribution in [2.75, 3.05) is 13.1 Å². The highest BCUT2D eigenvalue weighted by Gasteiger charge is 2.26. The summed E-state index contributed by atoms with van der Waals surface area (Å²) in [6.45, 7) is 5.49. The molecular weight excluding hydrogens is 416 g/mol. The number of benzene rings is 1. The minimum atomic E-state index is 0.264. The molecule has 0 unspecified atom stereocenters. The van der Waals surface area contributed by atoms with E-state index in [1.165, 1.54) is 27.9 Å². The monoisotopic (exact) mass is 446 g/mol. The lowest BCUT2D eigenvalue weighted by molar-refractivity contribution is -0.132. The van der Waals surface area contributed by atoms with Crippen LogP contribution in [0.25, 0.3) is 10.9 Å². The minimum Gasteiger partial charge on any atom is -0.347 e. The van der Waals surface area contributed by atoms with Gasteiger partial charge in [-0.05, 0) is 60.2 Å². The van der Waals surface area contributed by atoms with Crippen molar-refractivity contribution < 1.29 is 4.79 Å². The molecule has 32 heavy (non-hydrogen) atoms. The van der Waals surface area contributed by atoms with Gasteiger partial charge < -0.3 is 14.0 Å². The summed E-state index contributed by atoms with van der Waals surface area (Å²) in [5, 5.41) is 5.63. The highest BCUT2D eigenvalue weighted by atomic mass is 32.1. The molecule has 0 aliphatic carbocycles. The number of aromatic nitrogens is 3. The molecule has 0 N–H and O–H groups in total. The molecule has 4 heterocycles. The van der Waals surface area contributed by atoms with Crippen LogP contribution < -0.4 is 0 Å². The number of piperidine rings is 1. The zero-order valence-corrected chi connectivity index (χ0v) is 19.4. The van der Waals surface area contributed by atoms with Crippen LogP contribution in [0.1, 0.15) is 42.1 Å². The lowest BCUT2D eigenvalue weighted by Crippen LogP contribution is -2.38. The van der Waals surface area contributed by atoms with E-state index in [2.05, 4.69) is 74.5 Å². The summed E-state index contributed by atoms with van der Waals surface area (Å²) in [5.41, 5.74) is 3.87. The zero-order valence-electron chi connectivity index (χ0n) is 18.6. The molecular formula is C26H30N4OS. The first-order valence-electron chi connectivity index (χ1n) is 11.5. The van der Waals surface area contributed by atoms with Gasteiger partial charge in [-0.3, -0.25) is 4.79 Å². The molecule has 5 rings (SSSR count). The van der Waals surface area contributed by atoms with Gasteiger partial charge in [-0.2, -0.15) is 11.3 Å². The molecule has 1 fully saturated rings. The lowest BCUT2D eigenvalue weighted by atomic mass is 9.95. The van der Waals surface area contributed by atoms with E-state index in [0.29, 0.717) is 12.3 Å². The number of amides is 1. The van der Waals surface area contributed by atoms with Crippen molar-refractivity contribution in [1.29, 1.82) is 0 Å². The molecule has 1 amide bonds. The van der Waals surface area contributed by atoms with Gasteiger partial charge in [0.15, 0.2) is 0 Å². The smallest absolute Gasteiger partial charge is 0.224 e. The maximum absolute atomic E-state index is 12.9. The Morgan fingerprint density at radius 3 is 2.78 bits per heavy atom. The SMILES string of the molecule is Cc1cn(CCC(=O)N2CCC(c3nccn3CCc3ccsc3)CC2)c2ccccc12. The Bertz CT molecular complexity index is 1180. The van der Waals surface area contributed by atoms with Crippen LogP contribution in [0.5, 0.6) is 0 Å². The van der Waals surface area contributed by atoms with Gasteiger partial charge in [-0.25, -0.2) is 4.98 Å². The summed E-state index contributed by atoms with van der Waals surface area (Å²) in [6, 6.07) is 10.6. The van der Waals surface area contributed by atoms with E-state index < -0.39 is 0 Å². The normalized spacial score (nSPS) is 15.0. The van der Waals surface area contributed by atoms with Crippen LogP contribution >= 0.6 is 11.3 Å². The van der Waals surface area contributed by atoms with Gasteiger partial charge in [0.25, 0.3) is 0 Å². The topological polar surface area (TPSA) is 43.1 Å². The Balaban J connectivity index is 1.15. The third-order valence-corrected chi connectivity index (χ3v) is 7.47. The molecule has 1 saturated heterocycles. The second kappa shape index (κ2) is 9.33. The van der Waals surface area contributed by atoms with Crippen molar-refractivity contribution >= 4 is 28.1 Å². The quantitative estimate of drug-likeness (QED) is 0.389. The first kappa shape index (κ1) is 21.0. The van der Waals surface area contributed by atoms with E-state index >= 15 is 0 Å². The van der Waals surface area contributed by atoms with Gasteiger partial charge in [0, 0.05) is 68.0 Å². The second-order valence-electron chi connectivity index (χ2n) is 8.79. The van der Waals surface area contributed by atoms with E-state index in [1.54, 1.807) is 11.3 Å². The van der Waals surface area contributed by atoms with Crippen LogP contribution in [-0.2, 0) is 24.3 Å². The van der Waals surface area contributed by atoms with Gasteiger partial charge in [-0.1, -0.05) is 18.2 Å². The lowest BCUT2D eigenvalue weighted by Gasteiger charge is -2.32. The molecule has 5 nitrogen and oxygen atoms in total. The van der Waals surface area contributed by atoms with E-state index in [9.17, 15) is 4.79 Å². The number of aryl methyl sites for hydroxylation is 4. The van der Waals surface area contributed by atoms with Gasteiger partial charge in [0.05, 0.1) is 0 Å². The van der Waals surface area contributed by atoms with Gasteiger partial charge in [0.1, 0.15) is 5.82 Å². The number of para-hydroxylation sites is 1. The molecule has 0 bridgehead atoms. The summed E-state index contributed by atoms with van der Waals surface area (Å²) in [7, 11) is 0. The van der Waals surface area contributed by atoms with Gasteiger partial charge >= 0.3 is 0 Å². The second-order valence-corrected chi connectivity index (χ2v) is 9.57.